The lowest BCUT2D eigenvalue weighted by molar-refractivity contribution is -0.461. The van der Waals surface area contributed by atoms with Crippen molar-refractivity contribution >= 4 is 0 Å². The van der Waals surface area contributed by atoms with Gasteiger partial charge < -0.3 is 0 Å². The highest BCUT2D eigenvalue weighted by atomic mass is 19.4. The summed E-state index contributed by atoms with van der Waals surface area (Å²) in [6.45, 7) is 2.44. The minimum Gasteiger partial charge on any atom is -0.200 e. The summed E-state index contributed by atoms with van der Waals surface area (Å²) in [5.41, 5.74) is 0. The SMILES string of the molecule is [CH2]CCC(F)(F)C(F)(F)C(F)(F)C(F)(F)C(F)(F)C(F)(F)C(F)(F)C(F)(F)F. The van der Waals surface area contributed by atoms with Gasteiger partial charge in [-0.3, -0.25) is 0 Å². The topological polar surface area (TPSA) is 0 Å². The minimum absolute atomic E-state index is 1.41. The maximum Gasteiger partial charge on any atom is 0.460 e. The van der Waals surface area contributed by atoms with Crippen LogP contribution in [0.25, 0.3) is 0 Å². The first-order chi connectivity index (χ1) is 11.8. The predicted octanol–water partition coefficient (Wildman–Crippen LogP) is 6.61. The second kappa shape index (κ2) is 6.67. The maximum atomic E-state index is 13.2. The fraction of sp³-hybridized carbons (Fsp3) is 0.909. The van der Waals surface area contributed by atoms with Gasteiger partial charge in [-0.1, -0.05) is 6.92 Å². The van der Waals surface area contributed by atoms with E-state index in [0.29, 0.717) is 0 Å². The van der Waals surface area contributed by atoms with Crippen molar-refractivity contribution in [1.29, 1.82) is 0 Å². The lowest BCUT2D eigenvalue weighted by Crippen LogP contribution is -2.74. The van der Waals surface area contributed by atoms with Crippen LogP contribution >= 0.6 is 0 Å². The van der Waals surface area contributed by atoms with Crippen LogP contribution in [0, 0.1) is 6.92 Å². The summed E-state index contributed by atoms with van der Waals surface area (Å²) in [5.74, 6) is -55.8. The average molecular weight is 461 g/mol. The number of hydrogen-bond acceptors (Lipinski definition) is 0. The molecule has 0 spiro atoms. The number of rotatable bonds is 8. The van der Waals surface area contributed by atoms with E-state index in [9.17, 15) is 74.6 Å². The quantitative estimate of drug-likeness (QED) is 0.357. The van der Waals surface area contributed by atoms with Crippen molar-refractivity contribution in [2.45, 2.75) is 60.5 Å². The third-order valence-corrected chi connectivity index (χ3v) is 3.28. The van der Waals surface area contributed by atoms with Gasteiger partial charge in [-0.2, -0.15) is 74.6 Å². The van der Waals surface area contributed by atoms with E-state index in [0.717, 1.165) is 0 Å². The maximum absolute atomic E-state index is 13.2. The Morgan fingerprint density at radius 3 is 0.893 bits per heavy atom. The Morgan fingerprint density at radius 1 is 0.393 bits per heavy atom. The molecule has 169 valence electrons. The van der Waals surface area contributed by atoms with Crippen LogP contribution < -0.4 is 0 Å². The Balaban J connectivity index is 6.63. The lowest BCUT2D eigenvalue weighted by atomic mass is 9.88. The number of halogens is 17. The first kappa shape index (κ1) is 26.8. The predicted molar refractivity (Wildman–Crippen MR) is 55.3 cm³/mol. The van der Waals surface area contributed by atoms with Crippen molar-refractivity contribution in [2.24, 2.45) is 0 Å². The smallest absolute Gasteiger partial charge is 0.200 e. The van der Waals surface area contributed by atoms with Crippen LogP contribution in [-0.4, -0.2) is 47.6 Å². The Labute approximate surface area is 143 Å². The molecule has 0 aliphatic heterocycles. The first-order valence-corrected chi connectivity index (χ1v) is 6.32. The van der Waals surface area contributed by atoms with E-state index in [1.165, 1.54) is 0 Å². The van der Waals surface area contributed by atoms with Crippen LogP contribution in [0.15, 0.2) is 0 Å². The van der Waals surface area contributed by atoms with Gasteiger partial charge in [-0.15, -0.1) is 0 Å². The molecule has 0 unspecified atom stereocenters. The summed E-state index contributed by atoms with van der Waals surface area (Å²) in [7, 11) is 0. The van der Waals surface area contributed by atoms with Crippen molar-refractivity contribution in [1.82, 2.24) is 0 Å². The number of hydrogen-bond donors (Lipinski definition) is 0. The van der Waals surface area contributed by atoms with Crippen molar-refractivity contribution in [2.75, 3.05) is 0 Å². The second-order valence-corrected chi connectivity index (χ2v) is 5.25. The summed E-state index contributed by atoms with van der Waals surface area (Å²) < 4.78 is 217. The molecule has 0 heterocycles. The van der Waals surface area contributed by atoms with Gasteiger partial charge in [0, 0.05) is 6.42 Å². The van der Waals surface area contributed by atoms with Crippen LogP contribution in [0.1, 0.15) is 12.8 Å². The molecule has 0 amide bonds. The molecule has 0 aliphatic carbocycles. The van der Waals surface area contributed by atoms with E-state index in [1.807, 2.05) is 0 Å². The first-order valence-electron chi connectivity index (χ1n) is 6.32. The highest BCUT2D eigenvalue weighted by Gasteiger charge is 2.95. The zero-order chi connectivity index (χ0) is 23.4. The molecular weight excluding hydrogens is 455 g/mol. The Morgan fingerprint density at radius 2 is 0.643 bits per heavy atom. The van der Waals surface area contributed by atoms with Crippen LogP contribution in [-0.2, 0) is 0 Å². The molecule has 0 aromatic rings. The highest BCUT2D eigenvalue weighted by Crippen LogP contribution is 2.64. The largest absolute Gasteiger partial charge is 0.460 e. The van der Waals surface area contributed by atoms with Crippen LogP contribution in [0.2, 0.25) is 0 Å². The molecule has 0 rings (SSSR count). The second-order valence-electron chi connectivity index (χ2n) is 5.25. The van der Waals surface area contributed by atoms with E-state index in [-0.39, 0.29) is 0 Å². The van der Waals surface area contributed by atoms with Crippen molar-refractivity contribution < 1.29 is 74.6 Å². The molecule has 17 heteroatoms. The molecule has 0 aromatic heterocycles. The molecule has 1 radical (unpaired) electrons. The zero-order valence-corrected chi connectivity index (χ0v) is 12.5. The number of alkyl halides is 17. The fourth-order valence-corrected chi connectivity index (χ4v) is 1.58. The van der Waals surface area contributed by atoms with E-state index in [1.54, 1.807) is 0 Å². The van der Waals surface area contributed by atoms with Gasteiger partial charge >= 0.3 is 47.6 Å². The Hall–Kier alpha value is -1.19. The van der Waals surface area contributed by atoms with Gasteiger partial charge in [-0.25, -0.2) is 0 Å². The van der Waals surface area contributed by atoms with Crippen molar-refractivity contribution in [3.05, 3.63) is 6.92 Å². The third kappa shape index (κ3) is 3.25. The van der Waals surface area contributed by atoms with Gasteiger partial charge in [-0.05, 0) is 6.42 Å². The summed E-state index contributed by atoms with van der Waals surface area (Å²) in [4.78, 5) is 0. The molecule has 0 atom stereocenters. The molecule has 0 nitrogen and oxygen atoms in total. The highest BCUT2D eigenvalue weighted by molar-refractivity contribution is 5.15. The Kier molecular flexibility index (Phi) is 6.39. The minimum atomic E-state index is -8.58. The van der Waals surface area contributed by atoms with E-state index < -0.39 is 60.5 Å². The normalized spacial score (nSPS) is 16.5. The molecule has 0 N–H and O–H groups in total. The van der Waals surface area contributed by atoms with Gasteiger partial charge in [0.25, 0.3) is 0 Å². The van der Waals surface area contributed by atoms with Gasteiger partial charge in [0.15, 0.2) is 0 Å². The molecule has 0 aromatic carbocycles. The summed E-state index contributed by atoms with van der Waals surface area (Å²) >= 11 is 0. The summed E-state index contributed by atoms with van der Waals surface area (Å²) in [5, 5.41) is 0. The molecule has 0 bridgehead atoms. The molecule has 0 aliphatic rings. The monoisotopic (exact) mass is 461 g/mol. The van der Waals surface area contributed by atoms with Crippen LogP contribution in [0.4, 0.5) is 74.6 Å². The van der Waals surface area contributed by atoms with Gasteiger partial charge in [0.05, 0.1) is 0 Å². The van der Waals surface area contributed by atoms with Crippen LogP contribution in [0.3, 0.4) is 0 Å². The lowest BCUT2D eigenvalue weighted by Gasteiger charge is -2.42. The van der Waals surface area contributed by atoms with E-state index >= 15 is 0 Å². The Bertz CT molecular complexity index is 554. The molecular formula is C11H6F17. The van der Waals surface area contributed by atoms with Crippen molar-refractivity contribution in [3.63, 3.8) is 0 Å². The van der Waals surface area contributed by atoms with Crippen molar-refractivity contribution in [3.8, 4) is 0 Å². The summed E-state index contributed by atoms with van der Waals surface area (Å²) in [6, 6.07) is 0. The summed E-state index contributed by atoms with van der Waals surface area (Å²) in [6.07, 6.45) is -11.7. The standard InChI is InChI=1S/C11H6F17/c1-2-3-4(12,13)5(14,15)6(16,17)7(18,19)8(20,21)9(22,23)10(24,25)11(26,27)28/h1-3H2. The zero-order valence-electron chi connectivity index (χ0n) is 12.5. The molecule has 0 fully saturated rings. The van der Waals surface area contributed by atoms with E-state index in [2.05, 4.69) is 6.92 Å². The van der Waals surface area contributed by atoms with Gasteiger partial charge in [0.1, 0.15) is 0 Å². The van der Waals surface area contributed by atoms with Crippen LogP contribution in [0.5, 0.6) is 0 Å². The molecule has 0 saturated heterocycles. The third-order valence-electron chi connectivity index (χ3n) is 3.28. The molecule has 28 heavy (non-hydrogen) atoms. The average Bonchev–Trinajstić information content (AvgIpc) is 2.44. The van der Waals surface area contributed by atoms with E-state index in [4.69, 9.17) is 0 Å². The van der Waals surface area contributed by atoms with Gasteiger partial charge in [0.2, 0.25) is 0 Å². The fourth-order valence-electron chi connectivity index (χ4n) is 1.58. The molecule has 0 saturated carbocycles.